The van der Waals surface area contributed by atoms with Crippen LogP contribution in [-0.2, 0) is 41.6 Å². The predicted molar refractivity (Wildman–Crippen MR) is 163 cm³/mol. The van der Waals surface area contributed by atoms with Gasteiger partial charge in [-0.1, -0.05) is 72.8 Å². The van der Waals surface area contributed by atoms with Crippen LogP contribution in [0.15, 0.2) is 84.9 Å². The molecule has 3 aromatic carbocycles. The lowest BCUT2D eigenvalue weighted by molar-refractivity contribution is -0.139. The highest BCUT2D eigenvalue weighted by molar-refractivity contribution is 6.10. The summed E-state index contributed by atoms with van der Waals surface area (Å²) in [5.74, 6) is -3.35. The Bertz CT molecular complexity index is 1500. The van der Waals surface area contributed by atoms with E-state index in [4.69, 9.17) is 5.11 Å². The van der Waals surface area contributed by atoms with Crippen molar-refractivity contribution in [1.29, 1.82) is 0 Å². The molecule has 3 aromatic rings. The zero-order valence-corrected chi connectivity index (χ0v) is 24.1. The lowest BCUT2D eigenvalue weighted by Gasteiger charge is -2.25. The molecule has 0 aliphatic carbocycles. The van der Waals surface area contributed by atoms with E-state index in [-0.39, 0.29) is 31.0 Å². The van der Waals surface area contributed by atoms with Crippen molar-refractivity contribution in [2.24, 2.45) is 0 Å². The van der Waals surface area contributed by atoms with Crippen molar-refractivity contribution in [1.82, 2.24) is 10.6 Å². The van der Waals surface area contributed by atoms with Crippen LogP contribution in [0.2, 0.25) is 0 Å². The minimum Gasteiger partial charge on any atom is -0.481 e. The second kappa shape index (κ2) is 15.2. The van der Waals surface area contributed by atoms with Crippen molar-refractivity contribution in [2.45, 2.75) is 44.2 Å². The number of amides is 4. The number of rotatable bonds is 13. The number of fused-ring (bicyclic) bond motifs is 1. The average Bonchev–Trinajstić information content (AvgIpc) is 3.14. The summed E-state index contributed by atoms with van der Waals surface area (Å²) >= 11 is 0. The topological polar surface area (TPSA) is 153 Å². The third-order valence-electron chi connectivity index (χ3n) is 7.19. The highest BCUT2D eigenvalue weighted by Crippen LogP contribution is 2.33. The number of aldehydes is 1. The average molecular weight is 599 g/mol. The molecule has 0 spiro atoms. The normalized spacial score (nSPS) is 15.0. The second-order valence-corrected chi connectivity index (χ2v) is 10.4. The Morgan fingerprint density at radius 1 is 0.818 bits per heavy atom. The van der Waals surface area contributed by atoms with Crippen LogP contribution in [0, 0.1) is 0 Å². The SMILES string of the molecule is O=C[C@H](CC(=O)O)NC(=O)CN1C(=O)C(NC(=O)CCc2ccccc2)CN(C(=O)CCc2ccccc2)c2ccccc21. The fourth-order valence-electron chi connectivity index (χ4n) is 5.01. The summed E-state index contributed by atoms with van der Waals surface area (Å²) in [5, 5.41) is 14.1. The predicted octanol–water partition coefficient (Wildman–Crippen LogP) is 2.28. The van der Waals surface area contributed by atoms with E-state index < -0.39 is 48.7 Å². The van der Waals surface area contributed by atoms with Crippen molar-refractivity contribution in [3.8, 4) is 0 Å². The second-order valence-electron chi connectivity index (χ2n) is 10.4. The van der Waals surface area contributed by atoms with Crippen molar-refractivity contribution < 1.29 is 33.9 Å². The molecule has 0 radical (unpaired) electrons. The molecular formula is C33H34N4O7. The van der Waals surface area contributed by atoms with Gasteiger partial charge < -0.3 is 25.4 Å². The Morgan fingerprint density at radius 3 is 1.98 bits per heavy atom. The number of aryl methyl sites for hydroxylation is 2. The van der Waals surface area contributed by atoms with E-state index in [9.17, 15) is 28.8 Å². The van der Waals surface area contributed by atoms with Crippen LogP contribution < -0.4 is 20.4 Å². The minimum atomic E-state index is -1.29. The summed E-state index contributed by atoms with van der Waals surface area (Å²) in [5.41, 5.74) is 2.56. The number of benzene rings is 3. The summed E-state index contributed by atoms with van der Waals surface area (Å²) in [7, 11) is 0. The lowest BCUT2D eigenvalue weighted by Crippen LogP contribution is -2.54. The first kappa shape index (κ1) is 31.6. The first-order valence-corrected chi connectivity index (χ1v) is 14.3. The maximum Gasteiger partial charge on any atom is 0.305 e. The van der Waals surface area contributed by atoms with Crippen molar-refractivity contribution in [2.75, 3.05) is 22.9 Å². The molecule has 1 unspecified atom stereocenters. The molecule has 1 aliphatic rings. The van der Waals surface area contributed by atoms with Gasteiger partial charge in [-0.25, -0.2) is 0 Å². The van der Waals surface area contributed by atoms with Crippen molar-refractivity contribution >= 4 is 47.3 Å². The van der Waals surface area contributed by atoms with E-state index in [1.165, 1.54) is 4.90 Å². The largest absolute Gasteiger partial charge is 0.481 e. The summed E-state index contributed by atoms with van der Waals surface area (Å²) in [4.78, 5) is 78.7. The van der Waals surface area contributed by atoms with Crippen LogP contribution in [0.4, 0.5) is 11.4 Å². The maximum atomic E-state index is 14.0. The molecule has 0 bridgehead atoms. The number of nitrogens with zero attached hydrogens (tertiary/aromatic N) is 2. The first-order chi connectivity index (χ1) is 21.2. The van der Waals surface area contributed by atoms with Gasteiger partial charge in [0, 0.05) is 12.8 Å². The van der Waals surface area contributed by atoms with Gasteiger partial charge in [-0.05, 0) is 36.1 Å². The summed E-state index contributed by atoms with van der Waals surface area (Å²) < 4.78 is 0. The van der Waals surface area contributed by atoms with E-state index in [0.717, 1.165) is 16.0 Å². The quantitative estimate of drug-likeness (QED) is 0.255. The van der Waals surface area contributed by atoms with Gasteiger partial charge in [-0.2, -0.15) is 0 Å². The maximum absolute atomic E-state index is 14.0. The fourth-order valence-corrected chi connectivity index (χ4v) is 5.01. The Morgan fingerprint density at radius 2 is 1.39 bits per heavy atom. The smallest absolute Gasteiger partial charge is 0.305 e. The molecule has 0 saturated heterocycles. The van der Waals surface area contributed by atoms with Gasteiger partial charge in [-0.3, -0.25) is 28.9 Å². The van der Waals surface area contributed by atoms with Crippen LogP contribution in [0.25, 0.3) is 0 Å². The Labute approximate surface area is 254 Å². The van der Waals surface area contributed by atoms with E-state index in [0.29, 0.717) is 24.8 Å². The molecule has 4 amide bonds. The third kappa shape index (κ3) is 8.60. The van der Waals surface area contributed by atoms with E-state index in [1.54, 1.807) is 24.3 Å². The highest BCUT2D eigenvalue weighted by Gasteiger charge is 2.37. The number of para-hydroxylation sites is 2. The standard InChI is InChI=1S/C33H34N4O7/c38-22-25(19-32(42)43)34-30(40)21-37-28-14-8-7-13-27(28)36(31(41)18-16-24-11-5-2-6-12-24)20-26(33(37)44)35-29(39)17-15-23-9-3-1-4-10-23/h1-14,22,25-26H,15-21H2,(H,34,40)(H,35,39)(H,42,43)/t25-,26?/m0/s1. The molecule has 1 aliphatic heterocycles. The molecule has 0 fully saturated rings. The number of hydrogen-bond donors (Lipinski definition) is 3. The molecule has 4 rings (SSSR count). The van der Waals surface area contributed by atoms with Crippen LogP contribution in [0.1, 0.15) is 30.4 Å². The molecule has 1 heterocycles. The molecule has 228 valence electrons. The first-order valence-electron chi connectivity index (χ1n) is 14.3. The molecule has 11 heteroatoms. The molecular weight excluding hydrogens is 564 g/mol. The number of hydrogen-bond acceptors (Lipinski definition) is 6. The van der Waals surface area contributed by atoms with Gasteiger partial charge in [0.25, 0.3) is 5.91 Å². The number of anilines is 2. The van der Waals surface area contributed by atoms with Gasteiger partial charge in [0.15, 0.2) is 0 Å². The van der Waals surface area contributed by atoms with Gasteiger partial charge in [-0.15, -0.1) is 0 Å². The monoisotopic (exact) mass is 598 g/mol. The summed E-state index contributed by atoms with van der Waals surface area (Å²) in [6.07, 6.45) is 0.827. The summed E-state index contributed by atoms with van der Waals surface area (Å²) in [6, 6.07) is 23.0. The summed E-state index contributed by atoms with van der Waals surface area (Å²) in [6.45, 7) is -0.725. The van der Waals surface area contributed by atoms with Crippen LogP contribution in [-0.4, -0.2) is 66.2 Å². The lowest BCUT2D eigenvalue weighted by atomic mass is 10.1. The number of carbonyl (C=O) groups is 6. The zero-order valence-electron chi connectivity index (χ0n) is 24.1. The van der Waals surface area contributed by atoms with E-state index in [2.05, 4.69) is 10.6 Å². The number of nitrogens with one attached hydrogen (secondary N) is 2. The Kier molecular flexibility index (Phi) is 10.9. The van der Waals surface area contributed by atoms with E-state index in [1.807, 2.05) is 60.7 Å². The molecule has 0 aromatic heterocycles. The third-order valence-corrected chi connectivity index (χ3v) is 7.19. The van der Waals surface area contributed by atoms with Crippen LogP contribution in [0.5, 0.6) is 0 Å². The Hall–Kier alpha value is -5.32. The highest BCUT2D eigenvalue weighted by atomic mass is 16.4. The number of carbonyl (C=O) groups excluding carboxylic acids is 5. The van der Waals surface area contributed by atoms with E-state index >= 15 is 0 Å². The van der Waals surface area contributed by atoms with Gasteiger partial charge in [0.2, 0.25) is 17.7 Å². The zero-order chi connectivity index (χ0) is 31.5. The fraction of sp³-hybridized carbons (Fsp3) is 0.273. The van der Waals surface area contributed by atoms with Crippen molar-refractivity contribution in [3.05, 3.63) is 96.1 Å². The number of aliphatic carboxylic acids is 1. The number of carboxylic acid groups (broad SMARTS) is 1. The van der Waals surface area contributed by atoms with Gasteiger partial charge >= 0.3 is 5.97 Å². The van der Waals surface area contributed by atoms with Crippen LogP contribution in [0.3, 0.4) is 0 Å². The Balaban J connectivity index is 1.60. The van der Waals surface area contributed by atoms with Gasteiger partial charge in [0.1, 0.15) is 18.9 Å². The molecule has 2 atom stereocenters. The molecule has 11 nitrogen and oxygen atoms in total. The molecule has 44 heavy (non-hydrogen) atoms. The number of carboxylic acids is 1. The minimum absolute atomic E-state index is 0.0966. The van der Waals surface area contributed by atoms with Crippen molar-refractivity contribution in [3.63, 3.8) is 0 Å². The van der Waals surface area contributed by atoms with Gasteiger partial charge in [0.05, 0.1) is 30.4 Å². The molecule has 0 saturated carbocycles. The van der Waals surface area contributed by atoms with Crippen LogP contribution >= 0.6 is 0 Å². The molecule has 3 N–H and O–H groups in total.